The van der Waals surface area contributed by atoms with Gasteiger partial charge in [-0.15, -0.1) is 0 Å². The van der Waals surface area contributed by atoms with Crippen molar-refractivity contribution in [2.24, 2.45) is 5.41 Å². The zero-order chi connectivity index (χ0) is 14.3. The monoisotopic (exact) mass is 267 g/mol. The van der Waals surface area contributed by atoms with Crippen LogP contribution in [0.2, 0.25) is 0 Å². The summed E-state index contributed by atoms with van der Waals surface area (Å²) in [6, 6.07) is 11.9. The van der Waals surface area contributed by atoms with E-state index in [9.17, 15) is 0 Å². The van der Waals surface area contributed by atoms with Gasteiger partial charge >= 0.3 is 0 Å². The van der Waals surface area contributed by atoms with E-state index in [-0.39, 0.29) is 5.41 Å². The second-order valence-corrected chi connectivity index (χ2v) is 7.01. The van der Waals surface area contributed by atoms with Crippen molar-refractivity contribution in [3.05, 3.63) is 47.0 Å². The van der Waals surface area contributed by atoms with Crippen molar-refractivity contribution in [2.75, 3.05) is 6.54 Å². The molecule has 20 heavy (non-hydrogen) atoms. The second-order valence-electron chi connectivity index (χ2n) is 7.01. The van der Waals surface area contributed by atoms with Gasteiger partial charge < -0.3 is 5.32 Å². The van der Waals surface area contributed by atoms with Gasteiger partial charge in [-0.1, -0.05) is 58.0 Å². The van der Waals surface area contributed by atoms with E-state index < -0.39 is 0 Å². The van der Waals surface area contributed by atoms with Crippen LogP contribution in [-0.4, -0.2) is 6.54 Å². The van der Waals surface area contributed by atoms with Gasteiger partial charge in [0.25, 0.3) is 0 Å². The highest BCUT2D eigenvalue weighted by molar-refractivity contribution is 5.93. The molecule has 1 atom stereocenters. The summed E-state index contributed by atoms with van der Waals surface area (Å²) >= 11 is 0. The lowest BCUT2D eigenvalue weighted by Gasteiger charge is -2.33. The topological polar surface area (TPSA) is 12.0 Å². The Balaban J connectivity index is 2.22. The van der Waals surface area contributed by atoms with E-state index in [0.29, 0.717) is 6.04 Å². The van der Waals surface area contributed by atoms with Crippen molar-refractivity contribution in [1.82, 2.24) is 5.32 Å². The van der Waals surface area contributed by atoms with Crippen molar-refractivity contribution < 1.29 is 0 Å². The van der Waals surface area contributed by atoms with E-state index >= 15 is 0 Å². The Morgan fingerprint density at radius 3 is 2.40 bits per heavy atom. The number of aryl methyl sites for hydroxylation is 2. The number of hydrogen-bond donors (Lipinski definition) is 1. The minimum Gasteiger partial charge on any atom is -0.310 e. The maximum absolute atomic E-state index is 3.69. The minimum absolute atomic E-state index is 0.217. The standard InChI is InChI=1S/C19H25N/c1-5-20-18(19(2,3)4)16-12-11-14-10-9-13-7-6-8-15(16)17(13)14/h6-8,11-12,18,20H,5,9-10H2,1-4H3. The van der Waals surface area contributed by atoms with Crippen LogP contribution in [0.25, 0.3) is 10.8 Å². The first-order chi connectivity index (χ1) is 9.52. The highest BCUT2D eigenvalue weighted by Crippen LogP contribution is 2.40. The zero-order valence-electron chi connectivity index (χ0n) is 13.1. The van der Waals surface area contributed by atoms with Gasteiger partial charge in [-0.3, -0.25) is 0 Å². The molecule has 0 aliphatic heterocycles. The van der Waals surface area contributed by atoms with E-state index in [4.69, 9.17) is 0 Å². The summed E-state index contributed by atoms with van der Waals surface area (Å²) in [5.74, 6) is 0. The molecule has 0 saturated heterocycles. The van der Waals surface area contributed by atoms with Gasteiger partial charge in [-0.25, -0.2) is 0 Å². The predicted octanol–water partition coefficient (Wildman–Crippen LogP) is 4.64. The van der Waals surface area contributed by atoms with E-state index in [0.717, 1.165) is 6.54 Å². The predicted molar refractivity (Wildman–Crippen MR) is 87.2 cm³/mol. The fraction of sp³-hybridized carbons (Fsp3) is 0.474. The molecule has 1 N–H and O–H groups in total. The Bertz CT molecular complexity index is 624. The Kier molecular flexibility index (Phi) is 3.33. The smallest absolute Gasteiger partial charge is 0.0375 e. The van der Waals surface area contributed by atoms with Gasteiger partial charge in [0.05, 0.1) is 0 Å². The summed E-state index contributed by atoms with van der Waals surface area (Å²) in [6.07, 6.45) is 2.41. The summed E-state index contributed by atoms with van der Waals surface area (Å²) in [7, 11) is 0. The quantitative estimate of drug-likeness (QED) is 0.854. The van der Waals surface area contributed by atoms with Crippen molar-refractivity contribution in [3.8, 4) is 0 Å². The maximum atomic E-state index is 3.69. The Hall–Kier alpha value is -1.34. The fourth-order valence-corrected chi connectivity index (χ4v) is 3.61. The first-order valence-electron chi connectivity index (χ1n) is 7.79. The number of rotatable bonds is 3. The van der Waals surface area contributed by atoms with Crippen LogP contribution >= 0.6 is 0 Å². The van der Waals surface area contributed by atoms with Crippen LogP contribution in [0.5, 0.6) is 0 Å². The van der Waals surface area contributed by atoms with Crippen LogP contribution in [0.4, 0.5) is 0 Å². The van der Waals surface area contributed by atoms with Gasteiger partial charge in [-0.05, 0) is 52.3 Å². The molecular formula is C19H25N. The molecule has 0 spiro atoms. The largest absolute Gasteiger partial charge is 0.310 e. The van der Waals surface area contributed by atoms with Gasteiger partial charge in [0.1, 0.15) is 0 Å². The zero-order valence-corrected chi connectivity index (χ0v) is 13.1. The molecule has 0 heterocycles. The van der Waals surface area contributed by atoms with Crippen LogP contribution < -0.4 is 5.32 Å². The fourth-order valence-electron chi connectivity index (χ4n) is 3.61. The minimum atomic E-state index is 0.217. The van der Waals surface area contributed by atoms with Crippen molar-refractivity contribution in [3.63, 3.8) is 0 Å². The number of benzene rings is 2. The molecule has 0 fully saturated rings. The summed E-state index contributed by atoms with van der Waals surface area (Å²) < 4.78 is 0. The third-order valence-corrected chi connectivity index (χ3v) is 4.50. The van der Waals surface area contributed by atoms with Crippen LogP contribution in [0, 0.1) is 5.41 Å². The summed E-state index contributed by atoms with van der Waals surface area (Å²) in [5, 5.41) is 6.67. The average Bonchev–Trinajstić information content (AvgIpc) is 2.81. The van der Waals surface area contributed by atoms with Gasteiger partial charge in [0, 0.05) is 6.04 Å². The average molecular weight is 267 g/mol. The highest BCUT2D eigenvalue weighted by Gasteiger charge is 2.28. The lowest BCUT2D eigenvalue weighted by atomic mass is 9.80. The molecule has 2 aromatic carbocycles. The van der Waals surface area contributed by atoms with Crippen LogP contribution in [-0.2, 0) is 12.8 Å². The van der Waals surface area contributed by atoms with E-state index in [1.165, 1.54) is 40.3 Å². The second kappa shape index (κ2) is 4.89. The lowest BCUT2D eigenvalue weighted by Crippen LogP contribution is -2.32. The van der Waals surface area contributed by atoms with Gasteiger partial charge in [0.15, 0.2) is 0 Å². The molecule has 1 heteroatoms. The van der Waals surface area contributed by atoms with Crippen molar-refractivity contribution in [2.45, 2.75) is 46.6 Å². The Morgan fingerprint density at radius 2 is 1.75 bits per heavy atom. The van der Waals surface area contributed by atoms with E-state index in [1.807, 2.05) is 0 Å². The first-order valence-corrected chi connectivity index (χ1v) is 7.79. The van der Waals surface area contributed by atoms with Crippen LogP contribution in [0.1, 0.15) is 50.4 Å². The third-order valence-electron chi connectivity index (χ3n) is 4.50. The van der Waals surface area contributed by atoms with Crippen molar-refractivity contribution in [1.29, 1.82) is 0 Å². The molecule has 0 radical (unpaired) electrons. The summed E-state index contributed by atoms with van der Waals surface area (Å²) in [4.78, 5) is 0. The molecule has 1 aliphatic carbocycles. The summed E-state index contributed by atoms with van der Waals surface area (Å²) in [6.45, 7) is 10.2. The molecule has 1 nitrogen and oxygen atoms in total. The molecule has 0 saturated carbocycles. The molecule has 0 aromatic heterocycles. The van der Waals surface area contributed by atoms with E-state index in [2.05, 4.69) is 63.3 Å². The molecular weight excluding hydrogens is 242 g/mol. The molecule has 0 bridgehead atoms. The first kappa shape index (κ1) is 13.6. The highest BCUT2D eigenvalue weighted by atomic mass is 14.9. The molecule has 2 aromatic rings. The van der Waals surface area contributed by atoms with Gasteiger partial charge in [0.2, 0.25) is 0 Å². The summed E-state index contributed by atoms with van der Waals surface area (Å²) in [5.41, 5.74) is 4.74. The number of hydrogen-bond acceptors (Lipinski definition) is 1. The van der Waals surface area contributed by atoms with Gasteiger partial charge in [-0.2, -0.15) is 0 Å². The number of nitrogens with one attached hydrogen (secondary N) is 1. The van der Waals surface area contributed by atoms with Crippen LogP contribution in [0.3, 0.4) is 0 Å². The molecule has 3 rings (SSSR count). The molecule has 106 valence electrons. The molecule has 0 amide bonds. The maximum Gasteiger partial charge on any atom is 0.0375 e. The molecule has 1 aliphatic rings. The third kappa shape index (κ3) is 2.14. The van der Waals surface area contributed by atoms with Crippen LogP contribution in [0.15, 0.2) is 30.3 Å². The Morgan fingerprint density at radius 1 is 1.05 bits per heavy atom. The Labute approximate surface area is 122 Å². The molecule has 1 unspecified atom stereocenters. The normalized spacial score (nSPS) is 15.8. The van der Waals surface area contributed by atoms with E-state index in [1.54, 1.807) is 0 Å². The van der Waals surface area contributed by atoms with Crippen molar-refractivity contribution >= 4 is 10.8 Å². The lowest BCUT2D eigenvalue weighted by molar-refractivity contribution is 0.278. The SMILES string of the molecule is CCNC(c1ccc2c3c(cccc13)CC2)C(C)(C)C.